The lowest BCUT2D eigenvalue weighted by molar-refractivity contribution is 0.320. The summed E-state index contributed by atoms with van der Waals surface area (Å²) in [7, 11) is -0.851. The molecule has 0 aromatic heterocycles. The molecular weight excluding hydrogens is 217 g/mol. The Morgan fingerprint density at radius 1 is 1.33 bits per heavy atom. The fourth-order valence-electron chi connectivity index (χ4n) is 1.22. The van der Waals surface area contributed by atoms with E-state index in [0.717, 1.165) is 5.56 Å². The second-order valence-corrected chi connectivity index (χ2v) is 5.00. The molecule has 84 valence electrons. The monoisotopic (exact) mass is 231 g/mol. The first-order valence-corrected chi connectivity index (χ1v) is 5.92. The summed E-state index contributed by atoms with van der Waals surface area (Å²) >= 11 is 0. The van der Waals surface area contributed by atoms with Gasteiger partial charge in [0.2, 0.25) is 0 Å². The highest BCUT2D eigenvalue weighted by Gasteiger charge is 2.14. The quantitative estimate of drug-likeness (QED) is 0.746. The van der Waals surface area contributed by atoms with E-state index in [4.69, 9.17) is 0 Å². The maximum Gasteiger partial charge on any atom is 0.332 e. The van der Waals surface area contributed by atoms with Crippen LogP contribution in [0.2, 0.25) is 0 Å². The minimum atomic E-state index is -4.60. The van der Waals surface area contributed by atoms with Crippen LogP contribution in [0.15, 0.2) is 29.2 Å². The Labute approximate surface area is 89.7 Å². The molecule has 0 radical (unpaired) electrons. The highest BCUT2D eigenvalue weighted by molar-refractivity contribution is 7.86. The maximum atomic E-state index is 12.7. The Morgan fingerprint density at radius 2 is 1.93 bits per heavy atom. The predicted octanol–water partition coefficient (Wildman–Crippen LogP) is 1.97. The summed E-state index contributed by atoms with van der Waals surface area (Å²) in [5.41, 5.74) is 0.777. The number of rotatable bonds is 3. The number of nitrogens with zero attached hydrogens (tertiary/aromatic N) is 1. The molecule has 1 atom stereocenters. The SMILES string of the molecule is CC(c1cccc(S(=O)(=O)F)c1)N(C)C. The van der Waals surface area contributed by atoms with Crippen LogP contribution in [0, 0.1) is 0 Å². The molecule has 1 rings (SSSR count). The van der Waals surface area contributed by atoms with Gasteiger partial charge >= 0.3 is 10.2 Å². The summed E-state index contributed by atoms with van der Waals surface area (Å²) in [4.78, 5) is 1.64. The fourth-order valence-corrected chi connectivity index (χ4v) is 1.74. The fraction of sp³-hybridized carbons (Fsp3) is 0.400. The van der Waals surface area contributed by atoms with Gasteiger partial charge in [0.15, 0.2) is 0 Å². The smallest absolute Gasteiger partial charge is 0.303 e. The van der Waals surface area contributed by atoms with Crippen LogP contribution in [0.5, 0.6) is 0 Å². The zero-order valence-electron chi connectivity index (χ0n) is 8.94. The molecule has 0 spiro atoms. The lowest BCUT2D eigenvalue weighted by atomic mass is 10.1. The molecule has 0 saturated carbocycles. The predicted molar refractivity (Wildman–Crippen MR) is 56.8 cm³/mol. The summed E-state index contributed by atoms with van der Waals surface area (Å²) in [5, 5.41) is 0. The third-order valence-corrected chi connectivity index (χ3v) is 3.21. The topological polar surface area (TPSA) is 37.4 Å². The van der Waals surface area contributed by atoms with E-state index in [0.29, 0.717) is 0 Å². The van der Waals surface area contributed by atoms with E-state index in [-0.39, 0.29) is 10.9 Å². The minimum absolute atomic E-state index is 0.0479. The minimum Gasteiger partial charge on any atom is -0.303 e. The van der Waals surface area contributed by atoms with Gasteiger partial charge in [-0.05, 0) is 38.7 Å². The van der Waals surface area contributed by atoms with Crippen LogP contribution in [0.3, 0.4) is 0 Å². The zero-order chi connectivity index (χ0) is 11.6. The Bertz CT molecular complexity index is 442. The summed E-state index contributed by atoms with van der Waals surface area (Å²) < 4.78 is 34.1. The Balaban J connectivity index is 3.14. The van der Waals surface area contributed by atoms with Crippen molar-refractivity contribution in [2.24, 2.45) is 0 Å². The molecule has 1 unspecified atom stereocenters. The molecule has 0 aliphatic carbocycles. The van der Waals surface area contributed by atoms with Crippen molar-refractivity contribution >= 4 is 10.2 Å². The van der Waals surface area contributed by atoms with Crippen LogP contribution in [0.4, 0.5) is 3.89 Å². The van der Waals surface area contributed by atoms with Gasteiger partial charge in [0.25, 0.3) is 0 Å². The van der Waals surface area contributed by atoms with Gasteiger partial charge in [0.1, 0.15) is 0 Å². The van der Waals surface area contributed by atoms with Crippen molar-refractivity contribution in [3.63, 3.8) is 0 Å². The number of benzene rings is 1. The van der Waals surface area contributed by atoms with Gasteiger partial charge in [-0.3, -0.25) is 0 Å². The summed E-state index contributed by atoms with van der Waals surface area (Å²) in [6.45, 7) is 1.92. The van der Waals surface area contributed by atoms with Gasteiger partial charge in [-0.1, -0.05) is 12.1 Å². The largest absolute Gasteiger partial charge is 0.332 e. The van der Waals surface area contributed by atoms with E-state index < -0.39 is 10.2 Å². The van der Waals surface area contributed by atoms with Crippen LogP contribution < -0.4 is 0 Å². The van der Waals surface area contributed by atoms with Crippen molar-refractivity contribution < 1.29 is 12.3 Å². The van der Waals surface area contributed by atoms with E-state index in [2.05, 4.69) is 0 Å². The van der Waals surface area contributed by atoms with Gasteiger partial charge in [-0.25, -0.2) is 0 Å². The van der Waals surface area contributed by atoms with Crippen molar-refractivity contribution in [1.82, 2.24) is 4.90 Å². The van der Waals surface area contributed by atoms with Crippen LogP contribution in [0.25, 0.3) is 0 Å². The summed E-state index contributed by atoms with van der Waals surface area (Å²) in [6.07, 6.45) is 0. The van der Waals surface area contributed by atoms with Crippen LogP contribution in [-0.4, -0.2) is 27.4 Å². The van der Waals surface area contributed by atoms with Gasteiger partial charge in [-0.15, -0.1) is 3.89 Å². The molecule has 0 amide bonds. The van der Waals surface area contributed by atoms with E-state index >= 15 is 0 Å². The normalized spacial score (nSPS) is 14.2. The molecular formula is C10H14FNO2S. The van der Waals surface area contributed by atoms with E-state index in [1.807, 2.05) is 25.9 Å². The third-order valence-electron chi connectivity index (χ3n) is 2.40. The molecule has 1 aromatic rings. The number of halogens is 1. The highest BCUT2D eigenvalue weighted by Crippen LogP contribution is 2.21. The highest BCUT2D eigenvalue weighted by atomic mass is 32.3. The van der Waals surface area contributed by atoms with Gasteiger partial charge in [-0.2, -0.15) is 8.42 Å². The van der Waals surface area contributed by atoms with Gasteiger partial charge in [0, 0.05) is 6.04 Å². The number of hydrogen-bond donors (Lipinski definition) is 0. The average Bonchev–Trinajstić information content (AvgIpc) is 2.15. The first-order chi connectivity index (χ1) is 6.82. The molecule has 0 fully saturated rings. The Kier molecular flexibility index (Phi) is 3.46. The first kappa shape index (κ1) is 12.1. The van der Waals surface area contributed by atoms with E-state index in [9.17, 15) is 12.3 Å². The Morgan fingerprint density at radius 3 is 2.40 bits per heavy atom. The molecule has 3 nitrogen and oxygen atoms in total. The maximum absolute atomic E-state index is 12.7. The molecule has 1 aromatic carbocycles. The zero-order valence-corrected chi connectivity index (χ0v) is 9.75. The molecule has 0 heterocycles. The van der Waals surface area contributed by atoms with Gasteiger partial charge < -0.3 is 4.90 Å². The lowest BCUT2D eigenvalue weighted by Crippen LogP contribution is -2.16. The number of hydrogen-bond acceptors (Lipinski definition) is 3. The summed E-state index contributed by atoms with van der Waals surface area (Å²) in [5.74, 6) is 0. The molecule has 5 heteroatoms. The molecule has 0 aliphatic heterocycles. The van der Waals surface area contributed by atoms with Crippen LogP contribution in [0.1, 0.15) is 18.5 Å². The van der Waals surface area contributed by atoms with Gasteiger partial charge in [0.05, 0.1) is 4.90 Å². The van der Waals surface area contributed by atoms with Crippen molar-refractivity contribution in [3.8, 4) is 0 Å². The second-order valence-electron chi connectivity index (χ2n) is 3.65. The lowest BCUT2D eigenvalue weighted by Gasteiger charge is -2.20. The van der Waals surface area contributed by atoms with Crippen LogP contribution in [-0.2, 0) is 10.2 Å². The molecule has 0 saturated heterocycles. The first-order valence-electron chi connectivity index (χ1n) is 4.53. The average molecular weight is 231 g/mol. The molecule has 15 heavy (non-hydrogen) atoms. The third kappa shape index (κ3) is 3.00. The van der Waals surface area contributed by atoms with Crippen molar-refractivity contribution in [2.45, 2.75) is 17.9 Å². The second kappa shape index (κ2) is 4.28. The van der Waals surface area contributed by atoms with E-state index in [1.165, 1.54) is 12.1 Å². The van der Waals surface area contributed by atoms with Crippen molar-refractivity contribution in [1.29, 1.82) is 0 Å². The van der Waals surface area contributed by atoms with Crippen molar-refractivity contribution in [3.05, 3.63) is 29.8 Å². The van der Waals surface area contributed by atoms with E-state index in [1.54, 1.807) is 12.1 Å². The molecule has 0 bridgehead atoms. The van der Waals surface area contributed by atoms with Crippen molar-refractivity contribution in [2.75, 3.05) is 14.1 Å². The Hall–Kier alpha value is -0.940. The molecule has 0 N–H and O–H groups in total. The molecule has 0 aliphatic rings. The summed E-state index contributed by atoms with van der Waals surface area (Å²) in [6, 6.07) is 5.98. The standard InChI is InChI=1S/C10H14FNO2S/c1-8(12(2)3)9-5-4-6-10(7-9)15(11,13)14/h4-8H,1-3H3. The van der Waals surface area contributed by atoms with Crippen LogP contribution >= 0.6 is 0 Å².